The monoisotopic (exact) mass is 367 g/mol. The van der Waals surface area contributed by atoms with Gasteiger partial charge in [0.15, 0.2) is 0 Å². The fraction of sp³-hybridized carbons (Fsp3) is 0.350. The quantitative estimate of drug-likeness (QED) is 0.559. The number of pyridine rings is 1. The summed E-state index contributed by atoms with van der Waals surface area (Å²) in [4.78, 5) is 28.9. The Morgan fingerprint density at radius 1 is 1.11 bits per heavy atom. The molecule has 1 saturated heterocycles. The van der Waals surface area contributed by atoms with Gasteiger partial charge in [0.2, 0.25) is 11.8 Å². The Balaban J connectivity index is 1.57. The molecule has 1 unspecified atom stereocenters. The fourth-order valence-electron chi connectivity index (χ4n) is 3.04. The van der Waals surface area contributed by atoms with Crippen LogP contribution in [-0.2, 0) is 16.0 Å². The predicted molar refractivity (Wildman–Crippen MR) is 103 cm³/mol. The normalized spacial score (nSPS) is 17.7. The van der Waals surface area contributed by atoms with Crippen LogP contribution in [0.3, 0.4) is 0 Å². The lowest BCUT2D eigenvalue weighted by atomic mass is 10.0. The number of aromatic nitrogens is 1. The molecule has 0 saturated carbocycles. The zero-order valence-corrected chi connectivity index (χ0v) is 15.2. The van der Waals surface area contributed by atoms with E-state index in [1.807, 2.05) is 48.5 Å². The fourth-order valence-corrected chi connectivity index (χ4v) is 3.04. The van der Waals surface area contributed by atoms with Gasteiger partial charge in [0.1, 0.15) is 0 Å². The van der Waals surface area contributed by atoms with Gasteiger partial charge < -0.3 is 21.3 Å². The summed E-state index contributed by atoms with van der Waals surface area (Å²) in [6.45, 7) is 2.10. The lowest BCUT2D eigenvalue weighted by molar-refractivity contribution is -0.127. The minimum absolute atomic E-state index is 0.0530. The zero-order valence-electron chi connectivity index (χ0n) is 15.2. The van der Waals surface area contributed by atoms with Gasteiger partial charge in [-0.3, -0.25) is 14.6 Å². The number of piperazine rings is 1. The Bertz CT molecular complexity index is 733. The molecule has 1 fully saturated rings. The number of nitrogens with zero attached hydrogens (tertiary/aromatic N) is 1. The van der Waals surface area contributed by atoms with Crippen molar-refractivity contribution in [2.75, 3.05) is 26.2 Å². The van der Waals surface area contributed by atoms with E-state index in [9.17, 15) is 9.59 Å². The highest BCUT2D eigenvalue weighted by atomic mass is 16.2. The van der Waals surface area contributed by atoms with Crippen LogP contribution in [0.2, 0.25) is 0 Å². The van der Waals surface area contributed by atoms with Crippen LogP contribution < -0.4 is 21.3 Å². The summed E-state index contributed by atoms with van der Waals surface area (Å²) in [7, 11) is 0. The van der Waals surface area contributed by atoms with E-state index in [1.54, 1.807) is 6.20 Å². The SMILES string of the molecule is O=C(CNC(=O)[C@@H]1CNCCN1)NC(Cc1ccccn1)c1ccccc1. The highest BCUT2D eigenvalue weighted by Crippen LogP contribution is 2.17. The van der Waals surface area contributed by atoms with Crippen LogP contribution >= 0.6 is 0 Å². The van der Waals surface area contributed by atoms with Crippen molar-refractivity contribution in [1.82, 2.24) is 26.3 Å². The molecule has 7 heteroatoms. The maximum Gasteiger partial charge on any atom is 0.239 e. The first-order valence-corrected chi connectivity index (χ1v) is 9.18. The summed E-state index contributed by atoms with van der Waals surface area (Å²) in [6.07, 6.45) is 2.32. The number of benzene rings is 1. The number of amides is 2. The molecule has 142 valence electrons. The van der Waals surface area contributed by atoms with E-state index >= 15 is 0 Å². The van der Waals surface area contributed by atoms with E-state index < -0.39 is 0 Å². The van der Waals surface area contributed by atoms with Gasteiger partial charge in [-0.05, 0) is 17.7 Å². The number of nitrogens with one attached hydrogen (secondary N) is 4. The van der Waals surface area contributed by atoms with E-state index in [-0.39, 0.29) is 30.4 Å². The minimum Gasteiger partial charge on any atom is -0.347 e. The second-order valence-corrected chi connectivity index (χ2v) is 6.48. The second kappa shape index (κ2) is 9.80. The summed E-state index contributed by atoms with van der Waals surface area (Å²) in [5, 5.41) is 12.0. The van der Waals surface area contributed by atoms with Gasteiger partial charge in [0.25, 0.3) is 0 Å². The third-order valence-electron chi connectivity index (χ3n) is 4.46. The first-order valence-electron chi connectivity index (χ1n) is 9.18. The van der Waals surface area contributed by atoms with Crippen molar-refractivity contribution < 1.29 is 9.59 Å². The van der Waals surface area contributed by atoms with Crippen LogP contribution in [0, 0.1) is 0 Å². The van der Waals surface area contributed by atoms with Gasteiger partial charge in [0.05, 0.1) is 18.6 Å². The Morgan fingerprint density at radius 2 is 1.93 bits per heavy atom. The van der Waals surface area contributed by atoms with Crippen molar-refractivity contribution in [2.24, 2.45) is 0 Å². The summed E-state index contributed by atoms with van der Waals surface area (Å²) >= 11 is 0. The van der Waals surface area contributed by atoms with Crippen LogP contribution in [0.4, 0.5) is 0 Å². The molecule has 2 aromatic rings. The van der Waals surface area contributed by atoms with Gasteiger partial charge in [-0.15, -0.1) is 0 Å². The standard InChI is InChI=1S/C20H25N5O2/c26-19(14-24-20(27)18-13-21-10-11-23-18)25-17(15-6-2-1-3-7-15)12-16-8-4-5-9-22-16/h1-9,17-18,21,23H,10-14H2,(H,24,27)(H,25,26)/t17?,18-/m0/s1. The first-order chi connectivity index (χ1) is 13.2. The molecule has 3 rings (SSSR count). The Morgan fingerprint density at radius 3 is 2.63 bits per heavy atom. The third kappa shape index (κ3) is 5.87. The largest absolute Gasteiger partial charge is 0.347 e. The maximum absolute atomic E-state index is 12.4. The Hall–Kier alpha value is -2.77. The van der Waals surface area contributed by atoms with E-state index in [2.05, 4.69) is 26.3 Å². The number of rotatable bonds is 7. The summed E-state index contributed by atoms with van der Waals surface area (Å²) in [5.41, 5.74) is 1.90. The van der Waals surface area contributed by atoms with Crippen LogP contribution in [0.15, 0.2) is 54.7 Å². The van der Waals surface area contributed by atoms with Gasteiger partial charge in [-0.2, -0.15) is 0 Å². The smallest absolute Gasteiger partial charge is 0.239 e. The van der Waals surface area contributed by atoms with E-state index in [4.69, 9.17) is 0 Å². The predicted octanol–water partition coefficient (Wildman–Crippen LogP) is 0.159. The number of hydrogen-bond acceptors (Lipinski definition) is 5. The number of carbonyl (C=O) groups is 2. The molecule has 1 aromatic carbocycles. The molecule has 1 aliphatic heterocycles. The first kappa shape index (κ1) is 19.0. The van der Waals surface area contributed by atoms with Crippen molar-refractivity contribution in [3.8, 4) is 0 Å². The summed E-state index contributed by atoms with van der Waals surface area (Å²) < 4.78 is 0. The van der Waals surface area contributed by atoms with Gasteiger partial charge >= 0.3 is 0 Å². The molecule has 0 spiro atoms. The molecule has 0 radical (unpaired) electrons. The summed E-state index contributed by atoms with van der Waals surface area (Å²) in [5.74, 6) is -0.393. The molecular formula is C20H25N5O2. The van der Waals surface area contributed by atoms with Crippen LogP contribution in [-0.4, -0.2) is 49.0 Å². The molecule has 2 amide bonds. The molecule has 27 heavy (non-hydrogen) atoms. The Kier molecular flexibility index (Phi) is 6.90. The average molecular weight is 367 g/mol. The van der Waals surface area contributed by atoms with Gasteiger partial charge in [0, 0.05) is 37.9 Å². The molecule has 7 nitrogen and oxygen atoms in total. The number of carbonyl (C=O) groups excluding carboxylic acids is 2. The van der Waals surface area contributed by atoms with E-state index in [0.29, 0.717) is 13.0 Å². The average Bonchev–Trinajstić information content (AvgIpc) is 2.73. The molecule has 1 aliphatic rings. The lowest BCUT2D eigenvalue weighted by Crippen LogP contribution is -2.56. The van der Waals surface area contributed by atoms with Crippen molar-refractivity contribution in [1.29, 1.82) is 0 Å². The van der Waals surface area contributed by atoms with Crippen LogP contribution in [0.25, 0.3) is 0 Å². The van der Waals surface area contributed by atoms with Gasteiger partial charge in [-0.25, -0.2) is 0 Å². The van der Waals surface area contributed by atoms with Crippen molar-refractivity contribution >= 4 is 11.8 Å². The third-order valence-corrected chi connectivity index (χ3v) is 4.46. The molecular weight excluding hydrogens is 342 g/mol. The Labute approximate surface area is 159 Å². The molecule has 1 aromatic heterocycles. The number of hydrogen-bond donors (Lipinski definition) is 4. The highest BCUT2D eigenvalue weighted by Gasteiger charge is 2.21. The van der Waals surface area contributed by atoms with E-state index in [1.165, 1.54) is 0 Å². The molecule has 0 aliphatic carbocycles. The van der Waals surface area contributed by atoms with Crippen LogP contribution in [0.5, 0.6) is 0 Å². The van der Waals surface area contributed by atoms with Crippen molar-refractivity contribution in [2.45, 2.75) is 18.5 Å². The second-order valence-electron chi connectivity index (χ2n) is 6.48. The molecule has 0 bridgehead atoms. The summed E-state index contributed by atoms with van der Waals surface area (Å²) in [6, 6.07) is 15.0. The van der Waals surface area contributed by atoms with Crippen molar-refractivity contribution in [3.63, 3.8) is 0 Å². The van der Waals surface area contributed by atoms with Crippen LogP contribution in [0.1, 0.15) is 17.3 Å². The highest BCUT2D eigenvalue weighted by molar-refractivity contribution is 5.87. The minimum atomic E-state index is -0.301. The molecule has 2 atom stereocenters. The van der Waals surface area contributed by atoms with Gasteiger partial charge in [-0.1, -0.05) is 36.4 Å². The zero-order chi connectivity index (χ0) is 18.9. The van der Waals surface area contributed by atoms with Crippen molar-refractivity contribution in [3.05, 3.63) is 66.0 Å². The van der Waals surface area contributed by atoms with E-state index in [0.717, 1.165) is 24.3 Å². The molecule has 4 N–H and O–H groups in total. The lowest BCUT2D eigenvalue weighted by Gasteiger charge is -2.24. The maximum atomic E-state index is 12.4. The topological polar surface area (TPSA) is 95.2 Å². The molecule has 2 heterocycles.